The fraction of sp³-hybridized carbons (Fsp3) is 0.0870. The van der Waals surface area contributed by atoms with Gasteiger partial charge in [0.25, 0.3) is 11.6 Å². The number of H-pyrrole nitrogens is 1. The standard InChI is InChI=1S/C23H16ClN3O5/c24-16-9-7-15(8-10-16)21(28)19-20(17-5-1-2-6-18(17)27(31)32)26(23(30)22(19)29)13-14-4-3-11-25-12-14/h1-12,20,28H,13H2. The summed E-state index contributed by atoms with van der Waals surface area (Å²) >= 11 is 5.90. The molecule has 8 nitrogen and oxygen atoms in total. The zero-order valence-corrected chi connectivity index (χ0v) is 17.3. The second-order valence-electron chi connectivity index (χ2n) is 7.14. The van der Waals surface area contributed by atoms with E-state index >= 15 is 0 Å². The third-order valence-electron chi connectivity index (χ3n) is 5.19. The Morgan fingerprint density at radius 3 is 2.44 bits per heavy atom. The van der Waals surface area contributed by atoms with Crippen LogP contribution in [0.3, 0.4) is 0 Å². The Hall–Kier alpha value is -4.04. The van der Waals surface area contributed by atoms with Gasteiger partial charge < -0.3 is 10.0 Å². The van der Waals surface area contributed by atoms with Crippen molar-refractivity contribution in [1.82, 2.24) is 4.90 Å². The number of nitrogens with zero attached hydrogens (tertiary/aromatic N) is 2. The Bertz CT molecular complexity index is 1240. The summed E-state index contributed by atoms with van der Waals surface area (Å²) in [6, 6.07) is 13.9. The van der Waals surface area contributed by atoms with E-state index in [1.54, 1.807) is 30.6 Å². The largest absolute Gasteiger partial charge is 0.872 e. The Kier molecular flexibility index (Phi) is 5.70. The molecule has 9 heteroatoms. The van der Waals surface area contributed by atoms with E-state index in [2.05, 4.69) is 4.98 Å². The molecule has 1 amide bonds. The number of carbonyl (C=O) groups excluding carboxylic acids is 2. The average Bonchev–Trinajstić information content (AvgIpc) is 3.04. The molecule has 1 aliphatic heterocycles. The predicted octanol–water partition coefficient (Wildman–Crippen LogP) is 2.49. The van der Waals surface area contributed by atoms with Gasteiger partial charge in [-0.05, 0) is 29.8 Å². The van der Waals surface area contributed by atoms with Crippen molar-refractivity contribution >= 4 is 34.7 Å². The molecule has 2 heterocycles. The molecule has 32 heavy (non-hydrogen) atoms. The predicted molar refractivity (Wildman–Crippen MR) is 113 cm³/mol. The van der Waals surface area contributed by atoms with Crippen molar-refractivity contribution in [2.45, 2.75) is 12.6 Å². The van der Waals surface area contributed by atoms with Crippen LogP contribution in [0.25, 0.3) is 5.76 Å². The molecule has 2 aromatic carbocycles. The van der Waals surface area contributed by atoms with Crippen molar-refractivity contribution in [3.63, 3.8) is 0 Å². The number of halogens is 1. The van der Waals surface area contributed by atoms with Gasteiger partial charge in [-0.15, -0.1) is 0 Å². The third kappa shape index (κ3) is 3.83. The van der Waals surface area contributed by atoms with E-state index in [0.29, 0.717) is 10.6 Å². The molecule has 0 spiro atoms. The van der Waals surface area contributed by atoms with E-state index in [1.807, 2.05) is 0 Å². The minimum Gasteiger partial charge on any atom is -0.872 e. The van der Waals surface area contributed by atoms with Crippen LogP contribution in [0.1, 0.15) is 22.7 Å². The van der Waals surface area contributed by atoms with Gasteiger partial charge in [0.05, 0.1) is 23.1 Å². The fourth-order valence-corrected chi connectivity index (χ4v) is 3.85. The van der Waals surface area contributed by atoms with Gasteiger partial charge in [0, 0.05) is 28.3 Å². The molecule has 0 radical (unpaired) electrons. The highest BCUT2D eigenvalue weighted by Gasteiger charge is 2.46. The Balaban J connectivity index is 1.93. The summed E-state index contributed by atoms with van der Waals surface area (Å²) in [4.78, 5) is 41.2. The van der Waals surface area contributed by atoms with Gasteiger partial charge in [0.2, 0.25) is 5.78 Å². The molecule has 0 saturated carbocycles. The SMILES string of the molecule is O=C1C(=O)N(Cc2ccc[nH+]c2)C(c2ccccc2[N+](=O)[O-])C1=C([O-])c1ccc(Cl)cc1. The van der Waals surface area contributed by atoms with Crippen molar-refractivity contribution < 1.29 is 24.6 Å². The molecule has 1 unspecified atom stereocenters. The number of Topliss-reactive ketones (excluding diaryl/α,β-unsaturated/α-hetero) is 1. The molecule has 1 aliphatic rings. The lowest BCUT2D eigenvalue weighted by Crippen LogP contribution is -2.30. The lowest BCUT2D eigenvalue weighted by atomic mass is 9.94. The first-order chi connectivity index (χ1) is 15.4. The molecule has 1 N–H and O–H groups in total. The third-order valence-corrected chi connectivity index (χ3v) is 5.44. The number of nitro groups is 1. The zero-order valence-electron chi connectivity index (χ0n) is 16.5. The Morgan fingerprint density at radius 1 is 1.06 bits per heavy atom. The number of benzene rings is 2. The van der Waals surface area contributed by atoms with Crippen LogP contribution >= 0.6 is 11.6 Å². The van der Waals surface area contributed by atoms with Gasteiger partial charge in [0.15, 0.2) is 12.4 Å². The first-order valence-corrected chi connectivity index (χ1v) is 9.97. The number of hydrogen-bond donors (Lipinski definition) is 0. The number of nitro benzene ring substituents is 1. The number of para-hydroxylation sites is 1. The maximum Gasteiger partial charge on any atom is 0.295 e. The van der Waals surface area contributed by atoms with Crippen LogP contribution in [0.5, 0.6) is 0 Å². The number of hydrogen-bond acceptors (Lipinski definition) is 5. The van der Waals surface area contributed by atoms with Gasteiger partial charge >= 0.3 is 0 Å². The van der Waals surface area contributed by atoms with Gasteiger partial charge in [-0.2, -0.15) is 0 Å². The summed E-state index contributed by atoms with van der Waals surface area (Å²) in [6.07, 6.45) is 3.33. The minimum absolute atomic E-state index is 0.0178. The number of aromatic amines is 1. The highest BCUT2D eigenvalue weighted by atomic mass is 35.5. The summed E-state index contributed by atoms with van der Waals surface area (Å²) in [5, 5.41) is 25.4. The number of nitrogens with one attached hydrogen (secondary N) is 1. The normalized spacial score (nSPS) is 17.5. The number of pyridine rings is 1. The molecule has 1 aromatic heterocycles. The molecule has 0 bridgehead atoms. The van der Waals surface area contributed by atoms with Crippen molar-refractivity contribution in [2.75, 3.05) is 0 Å². The molecule has 0 aliphatic carbocycles. The lowest BCUT2D eigenvalue weighted by Gasteiger charge is -2.27. The van der Waals surface area contributed by atoms with Crippen LogP contribution in [0.2, 0.25) is 5.02 Å². The number of likely N-dealkylation sites (tertiary alicyclic amines) is 1. The second kappa shape index (κ2) is 8.60. The van der Waals surface area contributed by atoms with E-state index < -0.39 is 28.4 Å². The number of rotatable bonds is 5. The van der Waals surface area contributed by atoms with E-state index in [9.17, 15) is 24.8 Å². The van der Waals surface area contributed by atoms with Crippen LogP contribution in [0.4, 0.5) is 5.69 Å². The molecule has 3 aromatic rings. The minimum atomic E-state index is -1.21. The Morgan fingerprint density at radius 2 is 1.78 bits per heavy atom. The highest BCUT2D eigenvalue weighted by Crippen LogP contribution is 2.42. The summed E-state index contributed by atoms with van der Waals surface area (Å²) < 4.78 is 0. The molecule has 160 valence electrons. The van der Waals surface area contributed by atoms with Gasteiger partial charge in [-0.25, -0.2) is 4.98 Å². The maximum atomic E-state index is 13.3. The lowest BCUT2D eigenvalue weighted by molar-refractivity contribution is -0.385. The molecule has 1 atom stereocenters. The molecule has 1 saturated heterocycles. The summed E-state index contributed by atoms with van der Waals surface area (Å²) in [5.74, 6) is -2.55. The maximum absolute atomic E-state index is 13.3. The van der Waals surface area contributed by atoms with Crippen molar-refractivity contribution in [3.05, 3.63) is 110 Å². The van der Waals surface area contributed by atoms with Gasteiger partial charge in [-0.1, -0.05) is 41.6 Å². The zero-order chi connectivity index (χ0) is 22.8. The molecule has 1 fully saturated rings. The van der Waals surface area contributed by atoms with Crippen LogP contribution in [-0.2, 0) is 16.1 Å². The van der Waals surface area contributed by atoms with E-state index in [4.69, 9.17) is 11.6 Å². The first kappa shape index (κ1) is 21.2. The number of ketones is 1. The number of amides is 1. The second-order valence-corrected chi connectivity index (χ2v) is 7.58. The van der Waals surface area contributed by atoms with E-state index in [-0.39, 0.29) is 28.9 Å². The monoisotopic (exact) mass is 449 g/mol. The molecule has 4 rings (SSSR count). The Labute approximate surface area is 187 Å². The number of carbonyl (C=O) groups is 2. The van der Waals surface area contributed by atoms with Crippen LogP contribution in [0.15, 0.2) is 78.6 Å². The summed E-state index contributed by atoms with van der Waals surface area (Å²) in [5.41, 5.74) is 0.299. The van der Waals surface area contributed by atoms with Crippen molar-refractivity contribution in [3.8, 4) is 0 Å². The van der Waals surface area contributed by atoms with Gasteiger partial charge in [-0.3, -0.25) is 19.7 Å². The quantitative estimate of drug-likeness (QED) is 0.195. The van der Waals surface area contributed by atoms with Crippen molar-refractivity contribution in [2.24, 2.45) is 0 Å². The highest BCUT2D eigenvalue weighted by molar-refractivity contribution is 6.46. The van der Waals surface area contributed by atoms with Crippen LogP contribution in [-0.4, -0.2) is 21.5 Å². The van der Waals surface area contributed by atoms with E-state index in [0.717, 1.165) is 0 Å². The van der Waals surface area contributed by atoms with Crippen molar-refractivity contribution in [1.29, 1.82) is 0 Å². The number of aromatic nitrogens is 1. The summed E-state index contributed by atoms with van der Waals surface area (Å²) in [6.45, 7) is -0.0178. The summed E-state index contributed by atoms with van der Waals surface area (Å²) in [7, 11) is 0. The first-order valence-electron chi connectivity index (χ1n) is 9.59. The van der Waals surface area contributed by atoms with E-state index in [1.165, 1.54) is 47.4 Å². The molecular formula is C23H16ClN3O5. The van der Waals surface area contributed by atoms with Crippen LogP contribution < -0.4 is 10.1 Å². The smallest absolute Gasteiger partial charge is 0.295 e. The topological polar surface area (TPSA) is 118 Å². The average molecular weight is 450 g/mol. The molecular weight excluding hydrogens is 434 g/mol. The fourth-order valence-electron chi connectivity index (χ4n) is 3.72. The van der Waals surface area contributed by atoms with Gasteiger partial charge in [0.1, 0.15) is 0 Å². The van der Waals surface area contributed by atoms with Crippen LogP contribution in [0, 0.1) is 10.1 Å².